The normalized spacial score (nSPS) is 26.4. The molecule has 0 fully saturated rings. The van der Waals surface area contributed by atoms with Crippen molar-refractivity contribution in [2.24, 2.45) is 17.8 Å². The number of nitrogens with zero attached hydrogens (tertiary/aromatic N) is 1. The summed E-state index contributed by atoms with van der Waals surface area (Å²) in [7, 11) is 0. The van der Waals surface area contributed by atoms with Crippen molar-refractivity contribution in [3.05, 3.63) is 215 Å². The maximum atomic E-state index is 2.62. The van der Waals surface area contributed by atoms with E-state index in [1.54, 1.807) is 0 Å². The molecule has 0 radical (unpaired) electrons. The molecule has 4 aromatic carbocycles. The molecule has 6 aliphatic rings. The number of anilines is 1. The quantitative estimate of drug-likeness (QED) is 0.192. The molecule has 272 valence electrons. The summed E-state index contributed by atoms with van der Waals surface area (Å²) in [5, 5.41) is 0. The standard InChI is InChI=1S/C54H51N/c1-53(2)48-19-11-8-17-44(48)46-32-26-39(34-50(46)53)36-22-28-41(29-23-36)55(52-21-13-10-16-43(52)38-14-6-5-7-15-38)42-30-24-37(25-31-42)40-27-33-47-45-18-9-12-20-49(45)54(3,4)51(47)35-40/h5-24,27-28,30-35,37,39,41,47,51H,25-26,29H2,1-4H3. The van der Waals surface area contributed by atoms with Crippen molar-refractivity contribution in [3.8, 4) is 11.1 Å². The largest absolute Gasteiger partial charge is 0.334 e. The van der Waals surface area contributed by atoms with E-state index in [1.807, 2.05) is 0 Å². The fourth-order valence-corrected chi connectivity index (χ4v) is 10.8. The third kappa shape index (κ3) is 5.57. The van der Waals surface area contributed by atoms with Crippen LogP contribution in [0.25, 0.3) is 16.7 Å². The van der Waals surface area contributed by atoms with Crippen LogP contribution in [0.5, 0.6) is 0 Å². The van der Waals surface area contributed by atoms with Gasteiger partial charge < -0.3 is 4.90 Å². The Kier molecular flexibility index (Phi) is 8.14. The van der Waals surface area contributed by atoms with Crippen LogP contribution in [-0.4, -0.2) is 6.04 Å². The summed E-state index contributed by atoms with van der Waals surface area (Å²) in [4.78, 5) is 2.62. The molecular weight excluding hydrogens is 663 g/mol. The zero-order valence-corrected chi connectivity index (χ0v) is 32.6. The Balaban J connectivity index is 0.942. The van der Waals surface area contributed by atoms with Gasteiger partial charge in [0.25, 0.3) is 0 Å². The lowest BCUT2D eigenvalue weighted by atomic mass is 9.71. The smallest absolute Gasteiger partial charge is 0.0560 e. The van der Waals surface area contributed by atoms with E-state index in [9.17, 15) is 0 Å². The first-order valence-electron chi connectivity index (χ1n) is 20.5. The third-order valence-electron chi connectivity index (χ3n) is 13.8. The average Bonchev–Trinajstić information content (AvgIpc) is 3.61. The molecule has 0 aromatic heterocycles. The average molecular weight is 714 g/mol. The van der Waals surface area contributed by atoms with E-state index in [1.165, 1.54) is 67.1 Å². The molecule has 10 rings (SSSR count). The minimum absolute atomic E-state index is 0.0294. The molecule has 0 aliphatic heterocycles. The summed E-state index contributed by atoms with van der Waals surface area (Å²) < 4.78 is 0. The van der Waals surface area contributed by atoms with Gasteiger partial charge in [0.05, 0.1) is 6.04 Å². The maximum absolute atomic E-state index is 2.62. The molecule has 1 nitrogen and oxygen atoms in total. The van der Waals surface area contributed by atoms with Gasteiger partial charge in [-0.1, -0.05) is 186 Å². The monoisotopic (exact) mass is 713 g/mol. The summed E-state index contributed by atoms with van der Waals surface area (Å²) in [6.07, 6.45) is 30.5. The number of fused-ring (bicyclic) bond motifs is 6. The van der Waals surface area contributed by atoms with Gasteiger partial charge in [0.1, 0.15) is 0 Å². The first kappa shape index (κ1) is 34.1. The fraction of sp³-hybridized carbons (Fsp3) is 0.259. The zero-order valence-electron chi connectivity index (χ0n) is 32.6. The molecule has 0 saturated carbocycles. The lowest BCUT2D eigenvalue weighted by Gasteiger charge is -2.37. The van der Waals surface area contributed by atoms with Crippen LogP contribution in [0.4, 0.5) is 5.69 Å². The van der Waals surface area contributed by atoms with Crippen molar-refractivity contribution >= 4 is 11.3 Å². The van der Waals surface area contributed by atoms with Gasteiger partial charge in [0.2, 0.25) is 0 Å². The highest BCUT2D eigenvalue weighted by molar-refractivity contribution is 5.90. The minimum Gasteiger partial charge on any atom is -0.334 e. The van der Waals surface area contributed by atoms with E-state index in [-0.39, 0.29) is 16.9 Å². The molecule has 5 atom stereocenters. The van der Waals surface area contributed by atoms with Gasteiger partial charge in [0.15, 0.2) is 0 Å². The van der Waals surface area contributed by atoms with Gasteiger partial charge >= 0.3 is 0 Å². The summed E-state index contributed by atoms with van der Waals surface area (Å²) in [5.74, 6) is 1.74. The van der Waals surface area contributed by atoms with E-state index in [4.69, 9.17) is 0 Å². The summed E-state index contributed by atoms with van der Waals surface area (Å²) in [6, 6.07) is 38.2. The van der Waals surface area contributed by atoms with Crippen LogP contribution in [-0.2, 0) is 10.8 Å². The number of allylic oxidation sites excluding steroid dienone is 13. The number of benzene rings is 4. The zero-order chi connectivity index (χ0) is 37.3. The number of rotatable bonds is 6. The molecule has 0 N–H and O–H groups in total. The second-order valence-electron chi connectivity index (χ2n) is 17.5. The SMILES string of the molecule is CC1(C)C2=CC(C3=CCC(N(C4=CCC(C5=CC6C(C=C5)c5ccccc5C6(C)C)C=C4)c4ccccc4-c4ccccc4)C=C3)CC=C2c2ccccc21. The molecule has 0 saturated heterocycles. The summed E-state index contributed by atoms with van der Waals surface area (Å²) >= 11 is 0. The number of para-hydroxylation sites is 1. The first-order valence-corrected chi connectivity index (χ1v) is 20.5. The Morgan fingerprint density at radius 2 is 1.27 bits per heavy atom. The van der Waals surface area contributed by atoms with E-state index in [0.29, 0.717) is 23.7 Å². The lowest BCUT2D eigenvalue weighted by Crippen LogP contribution is -2.35. The predicted molar refractivity (Wildman–Crippen MR) is 232 cm³/mol. The van der Waals surface area contributed by atoms with Gasteiger partial charge in [-0.25, -0.2) is 0 Å². The Morgan fingerprint density at radius 1 is 0.564 bits per heavy atom. The van der Waals surface area contributed by atoms with Crippen LogP contribution in [0.3, 0.4) is 0 Å². The third-order valence-corrected chi connectivity index (χ3v) is 13.8. The molecule has 0 bridgehead atoms. The molecule has 0 spiro atoms. The molecule has 1 heteroatoms. The van der Waals surface area contributed by atoms with Gasteiger partial charge in [0, 0.05) is 40.1 Å². The molecule has 4 aromatic rings. The predicted octanol–water partition coefficient (Wildman–Crippen LogP) is 13.4. The van der Waals surface area contributed by atoms with Crippen LogP contribution in [0.15, 0.2) is 192 Å². The molecular formula is C54H51N. The van der Waals surface area contributed by atoms with Crippen molar-refractivity contribution in [3.63, 3.8) is 0 Å². The Labute approximate surface area is 328 Å². The van der Waals surface area contributed by atoms with Gasteiger partial charge in [-0.2, -0.15) is 0 Å². The molecule has 0 heterocycles. The maximum Gasteiger partial charge on any atom is 0.0560 e. The van der Waals surface area contributed by atoms with Crippen molar-refractivity contribution < 1.29 is 0 Å². The van der Waals surface area contributed by atoms with Gasteiger partial charge in [-0.15, -0.1) is 0 Å². The Bertz CT molecular complexity index is 2430. The van der Waals surface area contributed by atoms with Crippen LogP contribution >= 0.6 is 0 Å². The number of hydrogen-bond donors (Lipinski definition) is 0. The van der Waals surface area contributed by atoms with Gasteiger partial charge in [-0.05, 0) is 92.8 Å². The van der Waals surface area contributed by atoms with Gasteiger partial charge in [-0.3, -0.25) is 0 Å². The first-order chi connectivity index (χ1) is 26.8. The Hall–Kier alpha value is -5.40. The van der Waals surface area contributed by atoms with Crippen LogP contribution in [0.1, 0.15) is 75.1 Å². The van der Waals surface area contributed by atoms with Crippen molar-refractivity contribution in [1.82, 2.24) is 0 Å². The molecule has 55 heavy (non-hydrogen) atoms. The second kappa shape index (κ2) is 13.1. The van der Waals surface area contributed by atoms with Crippen LogP contribution in [0, 0.1) is 17.8 Å². The highest BCUT2D eigenvalue weighted by atomic mass is 15.2. The van der Waals surface area contributed by atoms with E-state index < -0.39 is 0 Å². The highest BCUT2D eigenvalue weighted by Crippen LogP contribution is 2.55. The van der Waals surface area contributed by atoms with Crippen molar-refractivity contribution in [2.45, 2.75) is 69.7 Å². The van der Waals surface area contributed by atoms with Crippen molar-refractivity contribution in [2.75, 3.05) is 4.90 Å². The lowest BCUT2D eigenvalue weighted by molar-refractivity contribution is 0.390. The summed E-state index contributed by atoms with van der Waals surface area (Å²) in [5.41, 5.74) is 17.0. The van der Waals surface area contributed by atoms with Crippen molar-refractivity contribution in [1.29, 1.82) is 0 Å². The van der Waals surface area contributed by atoms with Crippen LogP contribution < -0.4 is 4.90 Å². The van der Waals surface area contributed by atoms with E-state index >= 15 is 0 Å². The molecule has 0 amide bonds. The minimum atomic E-state index is 0.0294. The summed E-state index contributed by atoms with van der Waals surface area (Å²) in [6.45, 7) is 9.66. The topological polar surface area (TPSA) is 3.24 Å². The van der Waals surface area contributed by atoms with E-state index in [0.717, 1.165) is 19.3 Å². The molecule has 6 aliphatic carbocycles. The fourth-order valence-electron chi connectivity index (χ4n) is 10.8. The number of hydrogen-bond acceptors (Lipinski definition) is 1. The Morgan fingerprint density at radius 3 is 2.05 bits per heavy atom. The van der Waals surface area contributed by atoms with Crippen LogP contribution in [0.2, 0.25) is 0 Å². The highest BCUT2D eigenvalue weighted by Gasteiger charge is 2.45. The second-order valence-corrected chi connectivity index (χ2v) is 17.5. The van der Waals surface area contributed by atoms with E-state index in [2.05, 4.69) is 203 Å². The molecule has 5 unspecified atom stereocenters.